The van der Waals surface area contributed by atoms with E-state index in [1.165, 1.54) is 11.3 Å². The first kappa shape index (κ1) is 23.5. The summed E-state index contributed by atoms with van der Waals surface area (Å²) < 4.78 is 39.2. The molecule has 7 nitrogen and oxygen atoms in total. The Morgan fingerprint density at radius 1 is 1.18 bits per heavy atom. The SMILES string of the molecule is Cc1nc(NCC(F)(F)F)nc(N[C@H]2CC[C@@H](CO)C2)c1-c1nc2cc(N(C)C)ccc2s1. The van der Waals surface area contributed by atoms with Gasteiger partial charge >= 0.3 is 6.18 Å². The highest BCUT2D eigenvalue weighted by Crippen LogP contribution is 2.38. The Kier molecular flexibility index (Phi) is 6.62. The Morgan fingerprint density at radius 2 is 1.97 bits per heavy atom. The molecule has 0 bridgehead atoms. The lowest BCUT2D eigenvalue weighted by molar-refractivity contribution is -0.115. The lowest BCUT2D eigenvalue weighted by atomic mass is 10.1. The van der Waals surface area contributed by atoms with E-state index in [1.54, 1.807) is 6.92 Å². The van der Waals surface area contributed by atoms with E-state index in [-0.39, 0.29) is 24.5 Å². The molecule has 1 aromatic carbocycles. The Balaban J connectivity index is 1.73. The van der Waals surface area contributed by atoms with Crippen molar-refractivity contribution in [3.63, 3.8) is 0 Å². The fourth-order valence-electron chi connectivity index (χ4n) is 4.06. The number of aliphatic hydroxyl groups excluding tert-OH is 1. The van der Waals surface area contributed by atoms with Crippen molar-refractivity contribution in [3.05, 3.63) is 23.9 Å². The lowest BCUT2D eigenvalue weighted by Crippen LogP contribution is -2.24. The third-order valence-corrected chi connectivity index (χ3v) is 6.83. The normalized spacial score (nSPS) is 18.6. The van der Waals surface area contributed by atoms with Gasteiger partial charge in [0, 0.05) is 32.4 Å². The Hall–Kier alpha value is -2.66. The van der Waals surface area contributed by atoms with Crippen LogP contribution in [0.25, 0.3) is 20.8 Å². The number of halogens is 3. The molecule has 3 aromatic rings. The molecule has 4 rings (SSSR count). The monoisotopic (exact) mass is 480 g/mol. The van der Waals surface area contributed by atoms with Gasteiger partial charge in [0.25, 0.3) is 0 Å². The van der Waals surface area contributed by atoms with E-state index in [0.29, 0.717) is 22.1 Å². The average Bonchev–Trinajstić information content (AvgIpc) is 3.37. The molecule has 11 heteroatoms. The number of benzene rings is 1. The van der Waals surface area contributed by atoms with Crippen molar-refractivity contribution in [3.8, 4) is 10.6 Å². The van der Waals surface area contributed by atoms with Gasteiger partial charge in [-0.05, 0) is 50.3 Å². The van der Waals surface area contributed by atoms with Gasteiger partial charge in [0.1, 0.15) is 17.4 Å². The third kappa shape index (κ3) is 5.47. The Labute approximate surface area is 194 Å². The summed E-state index contributed by atoms with van der Waals surface area (Å²) in [6.07, 6.45) is -1.86. The van der Waals surface area contributed by atoms with Gasteiger partial charge in [0.15, 0.2) is 0 Å². The highest BCUT2D eigenvalue weighted by molar-refractivity contribution is 7.21. The second-order valence-corrected chi connectivity index (χ2v) is 9.62. The van der Waals surface area contributed by atoms with Crippen molar-refractivity contribution in [2.45, 2.75) is 38.4 Å². The van der Waals surface area contributed by atoms with Gasteiger partial charge in [-0.2, -0.15) is 18.2 Å². The van der Waals surface area contributed by atoms with Gasteiger partial charge < -0.3 is 20.6 Å². The molecule has 0 radical (unpaired) electrons. The molecule has 1 saturated carbocycles. The van der Waals surface area contributed by atoms with E-state index in [4.69, 9.17) is 4.98 Å². The van der Waals surface area contributed by atoms with Crippen molar-refractivity contribution < 1.29 is 18.3 Å². The third-order valence-electron chi connectivity index (χ3n) is 5.78. The summed E-state index contributed by atoms with van der Waals surface area (Å²) in [7, 11) is 3.92. The number of aromatic nitrogens is 3. The Bertz CT molecular complexity index is 1130. The summed E-state index contributed by atoms with van der Waals surface area (Å²) in [5, 5.41) is 15.9. The molecule has 178 valence electrons. The number of aliphatic hydroxyl groups is 1. The average molecular weight is 481 g/mol. The standard InChI is InChI=1S/C22H27F3N6OS/c1-12-18(20-29-16-9-15(31(2)3)6-7-17(16)33-20)19(28-14-5-4-13(8-14)10-32)30-21(27-12)26-11-22(23,24)25/h6-7,9,13-14,32H,4-5,8,10-11H2,1-3H3,(H2,26,27,28,30)/t13-,14+/m1/s1. The van der Waals surface area contributed by atoms with Gasteiger partial charge in [0.05, 0.1) is 21.5 Å². The molecule has 0 unspecified atom stereocenters. The highest BCUT2D eigenvalue weighted by Gasteiger charge is 2.29. The molecule has 3 N–H and O–H groups in total. The number of aryl methyl sites for hydroxylation is 1. The quantitative estimate of drug-likeness (QED) is 0.453. The van der Waals surface area contributed by atoms with Gasteiger partial charge in [-0.25, -0.2) is 9.97 Å². The second-order valence-electron chi connectivity index (χ2n) is 8.59. The Morgan fingerprint density at radius 3 is 2.64 bits per heavy atom. The zero-order valence-corrected chi connectivity index (χ0v) is 19.5. The van der Waals surface area contributed by atoms with E-state index >= 15 is 0 Å². The van der Waals surface area contributed by atoms with E-state index in [2.05, 4.69) is 20.6 Å². The number of hydrogen-bond acceptors (Lipinski definition) is 8. The van der Waals surface area contributed by atoms with Crippen LogP contribution in [0.4, 0.5) is 30.6 Å². The summed E-state index contributed by atoms with van der Waals surface area (Å²) in [6.45, 7) is 0.664. The van der Waals surface area contributed by atoms with Gasteiger partial charge in [0.2, 0.25) is 5.95 Å². The fourth-order valence-corrected chi connectivity index (χ4v) is 5.10. The summed E-state index contributed by atoms with van der Waals surface area (Å²) in [4.78, 5) is 15.5. The van der Waals surface area contributed by atoms with Crippen LogP contribution in [0.1, 0.15) is 25.0 Å². The van der Waals surface area contributed by atoms with Crippen molar-refractivity contribution in [1.29, 1.82) is 0 Å². The van der Waals surface area contributed by atoms with E-state index < -0.39 is 12.7 Å². The number of anilines is 3. The molecule has 33 heavy (non-hydrogen) atoms. The number of fused-ring (bicyclic) bond motifs is 1. The zero-order valence-electron chi connectivity index (χ0n) is 18.7. The van der Waals surface area contributed by atoms with Crippen LogP contribution in [0.2, 0.25) is 0 Å². The van der Waals surface area contributed by atoms with Crippen molar-refractivity contribution >= 4 is 39.0 Å². The zero-order chi connectivity index (χ0) is 23.8. The molecule has 1 aliphatic carbocycles. The van der Waals surface area contributed by atoms with Crippen molar-refractivity contribution in [2.75, 3.05) is 42.8 Å². The van der Waals surface area contributed by atoms with Crippen LogP contribution in [-0.2, 0) is 0 Å². The number of rotatable bonds is 7. The molecule has 0 aliphatic heterocycles. The molecule has 2 atom stereocenters. The maximum atomic E-state index is 12.7. The largest absolute Gasteiger partial charge is 0.405 e. The van der Waals surface area contributed by atoms with Crippen LogP contribution in [0, 0.1) is 12.8 Å². The first-order valence-corrected chi connectivity index (χ1v) is 11.6. The molecule has 1 fully saturated rings. The van der Waals surface area contributed by atoms with Crippen molar-refractivity contribution in [1.82, 2.24) is 15.0 Å². The summed E-state index contributed by atoms with van der Waals surface area (Å²) in [6, 6.07) is 6.10. The first-order chi connectivity index (χ1) is 15.6. The highest BCUT2D eigenvalue weighted by atomic mass is 32.1. The topological polar surface area (TPSA) is 86.2 Å². The molecule has 0 amide bonds. The minimum absolute atomic E-state index is 0.0698. The number of nitrogens with zero attached hydrogens (tertiary/aromatic N) is 4. The van der Waals surface area contributed by atoms with Gasteiger partial charge in [-0.15, -0.1) is 11.3 Å². The maximum absolute atomic E-state index is 12.7. The minimum Gasteiger partial charge on any atom is -0.396 e. The molecule has 2 heterocycles. The van der Waals surface area contributed by atoms with Crippen LogP contribution in [0.5, 0.6) is 0 Å². The van der Waals surface area contributed by atoms with Crippen molar-refractivity contribution in [2.24, 2.45) is 5.92 Å². The predicted molar refractivity (Wildman–Crippen MR) is 126 cm³/mol. The predicted octanol–water partition coefficient (Wildman–Crippen LogP) is 4.67. The van der Waals surface area contributed by atoms with Crippen LogP contribution < -0.4 is 15.5 Å². The van der Waals surface area contributed by atoms with E-state index in [0.717, 1.165) is 35.2 Å². The van der Waals surface area contributed by atoms with Gasteiger partial charge in [-0.1, -0.05) is 0 Å². The smallest absolute Gasteiger partial charge is 0.396 e. The minimum atomic E-state index is -4.37. The van der Waals surface area contributed by atoms with Gasteiger partial charge in [-0.3, -0.25) is 0 Å². The van der Waals surface area contributed by atoms with Crippen LogP contribution in [0.15, 0.2) is 18.2 Å². The molecule has 2 aromatic heterocycles. The summed E-state index contributed by atoms with van der Waals surface area (Å²) >= 11 is 1.50. The number of hydrogen-bond donors (Lipinski definition) is 3. The summed E-state index contributed by atoms with van der Waals surface area (Å²) in [5.74, 6) is 0.593. The molecule has 0 spiro atoms. The number of alkyl halides is 3. The molecule has 1 aliphatic rings. The lowest BCUT2D eigenvalue weighted by Gasteiger charge is -2.18. The van der Waals surface area contributed by atoms with E-state index in [9.17, 15) is 18.3 Å². The van der Waals surface area contributed by atoms with Crippen LogP contribution in [-0.4, -0.2) is 59.5 Å². The maximum Gasteiger partial charge on any atom is 0.405 e. The number of thiazole rings is 1. The second kappa shape index (κ2) is 9.30. The van der Waals surface area contributed by atoms with Crippen LogP contribution in [0.3, 0.4) is 0 Å². The van der Waals surface area contributed by atoms with Crippen LogP contribution >= 0.6 is 11.3 Å². The van der Waals surface area contributed by atoms with E-state index in [1.807, 2.05) is 37.2 Å². The first-order valence-electron chi connectivity index (χ1n) is 10.8. The summed E-state index contributed by atoms with van der Waals surface area (Å²) in [5.41, 5.74) is 3.10. The number of nitrogens with one attached hydrogen (secondary N) is 2. The molecule has 0 saturated heterocycles. The fraction of sp³-hybridized carbons (Fsp3) is 0.500. The molecular weight excluding hydrogens is 453 g/mol. The molecular formula is C22H27F3N6OS.